The van der Waals surface area contributed by atoms with E-state index in [4.69, 9.17) is 5.11 Å². The summed E-state index contributed by atoms with van der Waals surface area (Å²) < 4.78 is 0. The van der Waals surface area contributed by atoms with Crippen molar-refractivity contribution in [1.82, 2.24) is 9.97 Å². The minimum Gasteiger partial charge on any atom is -0.481 e. The van der Waals surface area contributed by atoms with Crippen LogP contribution >= 0.6 is 0 Å². The first-order valence-corrected chi connectivity index (χ1v) is 5.09. The Kier molecular flexibility index (Phi) is 2.81. The normalized spacial score (nSPS) is 10.6. The Labute approximate surface area is 93.0 Å². The van der Waals surface area contributed by atoms with Gasteiger partial charge >= 0.3 is 5.97 Å². The summed E-state index contributed by atoms with van der Waals surface area (Å²) in [5.41, 5.74) is 1.86. The summed E-state index contributed by atoms with van der Waals surface area (Å²) in [5, 5.41) is 9.58. The quantitative estimate of drug-likeness (QED) is 0.851. The van der Waals surface area contributed by atoms with Gasteiger partial charge in [0.2, 0.25) is 0 Å². The molecule has 0 aliphatic rings. The fourth-order valence-corrected chi connectivity index (χ4v) is 1.57. The van der Waals surface area contributed by atoms with Crippen molar-refractivity contribution in [3.8, 4) is 0 Å². The van der Waals surface area contributed by atoms with Gasteiger partial charge in [-0.1, -0.05) is 12.1 Å². The number of aryl methyl sites for hydroxylation is 2. The van der Waals surface area contributed by atoms with Crippen LogP contribution in [0.1, 0.15) is 17.8 Å². The topological polar surface area (TPSA) is 63.1 Å². The first kappa shape index (κ1) is 10.5. The Bertz CT molecular complexity index is 538. The van der Waals surface area contributed by atoms with Gasteiger partial charge in [-0.3, -0.25) is 4.79 Å². The molecule has 0 fully saturated rings. The van der Waals surface area contributed by atoms with Crippen molar-refractivity contribution in [2.75, 3.05) is 0 Å². The number of hydrogen-bond acceptors (Lipinski definition) is 3. The van der Waals surface area contributed by atoms with Crippen molar-refractivity contribution >= 4 is 16.9 Å². The maximum atomic E-state index is 10.5. The van der Waals surface area contributed by atoms with Crippen LogP contribution in [0.5, 0.6) is 0 Å². The summed E-state index contributed by atoms with van der Waals surface area (Å²) in [6.07, 6.45) is 2.46. The van der Waals surface area contributed by atoms with E-state index in [0.29, 0.717) is 6.42 Å². The molecule has 0 aliphatic carbocycles. The number of rotatable bonds is 3. The summed E-state index contributed by atoms with van der Waals surface area (Å²) in [4.78, 5) is 18.9. The maximum absolute atomic E-state index is 10.5. The van der Waals surface area contributed by atoms with Crippen LogP contribution in [-0.2, 0) is 11.2 Å². The van der Waals surface area contributed by atoms with Crippen molar-refractivity contribution in [2.24, 2.45) is 0 Å². The molecule has 16 heavy (non-hydrogen) atoms. The number of benzene rings is 1. The molecular formula is C12H12N2O2. The summed E-state index contributed by atoms with van der Waals surface area (Å²) in [6, 6.07) is 5.77. The zero-order valence-corrected chi connectivity index (χ0v) is 8.97. The molecule has 1 aromatic carbocycles. The molecule has 1 heterocycles. The molecule has 1 N–H and O–H groups in total. The molecule has 0 amide bonds. The second kappa shape index (κ2) is 4.26. The minimum atomic E-state index is -0.779. The van der Waals surface area contributed by atoms with E-state index >= 15 is 0 Å². The molecule has 0 spiro atoms. The van der Waals surface area contributed by atoms with Gasteiger partial charge < -0.3 is 5.11 Å². The van der Waals surface area contributed by atoms with E-state index in [1.54, 1.807) is 6.20 Å². The van der Waals surface area contributed by atoms with Crippen LogP contribution in [0.25, 0.3) is 10.9 Å². The number of nitrogens with zero attached hydrogens (tertiary/aromatic N) is 2. The average Bonchev–Trinajstić information content (AvgIpc) is 2.25. The minimum absolute atomic E-state index is 0.148. The van der Waals surface area contributed by atoms with Crippen molar-refractivity contribution in [2.45, 2.75) is 19.8 Å². The summed E-state index contributed by atoms with van der Waals surface area (Å²) in [5.74, 6) is -0.0538. The van der Waals surface area contributed by atoms with Crippen molar-refractivity contribution in [3.63, 3.8) is 0 Å². The number of carbonyl (C=O) groups is 1. The van der Waals surface area contributed by atoms with E-state index in [1.165, 1.54) is 0 Å². The number of aromatic nitrogens is 2. The van der Waals surface area contributed by atoms with Crippen LogP contribution in [-0.4, -0.2) is 21.0 Å². The molecule has 2 rings (SSSR count). The van der Waals surface area contributed by atoms with Gasteiger partial charge in [0.1, 0.15) is 5.82 Å². The summed E-state index contributed by atoms with van der Waals surface area (Å²) in [6.45, 7) is 1.84. The predicted octanol–water partition coefficient (Wildman–Crippen LogP) is 1.96. The van der Waals surface area contributed by atoms with Crippen LogP contribution < -0.4 is 0 Å². The Morgan fingerprint density at radius 2 is 2.25 bits per heavy atom. The first-order valence-electron chi connectivity index (χ1n) is 5.09. The Morgan fingerprint density at radius 3 is 3.00 bits per heavy atom. The zero-order chi connectivity index (χ0) is 11.5. The maximum Gasteiger partial charge on any atom is 0.303 e. The molecule has 0 bridgehead atoms. The first-order chi connectivity index (χ1) is 7.65. The number of hydrogen-bond donors (Lipinski definition) is 1. The highest BCUT2D eigenvalue weighted by Gasteiger charge is 2.02. The summed E-state index contributed by atoms with van der Waals surface area (Å²) in [7, 11) is 0. The van der Waals surface area contributed by atoms with E-state index in [0.717, 1.165) is 22.3 Å². The van der Waals surface area contributed by atoms with Gasteiger partial charge in [0.25, 0.3) is 0 Å². The van der Waals surface area contributed by atoms with Gasteiger partial charge in [0, 0.05) is 18.0 Å². The van der Waals surface area contributed by atoms with E-state index in [2.05, 4.69) is 9.97 Å². The molecular weight excluding hydrogens is 204 g/mol. The van der Waals surface area contributed by atoms with Gasteiger partial charge in [-0.05, 0) is 25.0 Å². The molecule has 0 saturated heterocycles. The van der Waals surface area contributed by atoms with Crippen LogP contribution in [0.15, 0.2) is 24.4 Å². The van der Waals surface area contributed by atoms with E-state index < -0.39 is 5.97 Å². The lowest BCUT2D eigenvalue weighted by molar-refractivity contribution is -0.136. The Hall–Kier alpha value is -1.97. The lowest BCUT2D eigenvalue weighted by Crippen LogP contribution is -1.97. The van der Waals surface area contributed by atoms with Gasteiger partial charge in [-0.25, -0.2) is 9.97 Å². The van der Waals surface area contributed by atoms with Gasteiger partial charge in [0.15, 0.2) is 0 Å². The van der Waals surface area contributed by atoms with Crippen LogP contribution in [0.2, 0.25) is 0 Å². The smallest absolute Gasteiger partial charge is 0.303 e. The largest absolute Gasteiger partial charge is 0.481 e. The highest BCUT2D eigenvalue weighted by molar-refractivity contribution is 5.78. The number of carboxylic acid groups (broad SMARTS) is 1. The van der Waals surface area contributed by atoms with Gasteiger partial charge in [-0.15, -0.1) is 0 Å². The predicted molar refractivity (Wildman–Crippen MR) is 60.2 cm³/mol. The molecule has 4 nitrogen and oxygen atoms in total. The van der Waals surface area contributed by atoms with Gasteiger partial charge in [-0.2, -0.15) is 0 Å². The summed E-state index contributed by atoms with van der Waals surface area (Å²) >= 11 is 0. The fraction of sp³-hybridized carbons (Fsp3) is 0.250. The number of fused-ring (bicyclic) bond motifs is 1. The van der Waals surface area contributed by atoms with Crippen LogP contribution in [0.3, 0.4) is 0 Å². The van der Waals surface area contributed by atoms with Crippen LogP contribution in [0, 0.1) is 6.92 Å². The lowest BCUT2D eigenvalue weighted by atomic mass is 10.1. The molecule has 1 aromatic heterocycles. The molecule has 82 valence electrons. The standard InChI is InChI=1S/C12H12N2O2/c1-8-13-7-10-4-2-9(3-5-12(15)16)6-11(10)14-8/h2,4,6-7H,3,5H2,1H3,(H,15,16). The lowest BCUT2D eigenvalue weighted by Gasteiger charge is -2.02. The molecule has 0 aliphatic heterocycles. The molecule has 0 saturated carbocycles. The number of aliphatic carboxylic acids is 1. The molecule has 0 unspecified atom stereocenters. The molecule has 0 radical (unpaired) electrons. The molecule has 4 heteroatoms. The van der Waals surface area contributed by atoms with Crippen molar-refractivity contribution < 1.29 is 9.90 Å². The van der Waals surface area contributed by atoms with Crippen molar-refractivity contribution in [1.29, 1.82) is 0 Å². The van der Waals surface area contributed by atoms with Crippen molar-refractivity contribution in [3.05, 3.63) is 35.8 Å². The van der Waals surface area contributed by atoms with E-state index in [-0.39, 0.29) is 6.42 Å². The van der Waals surface area contributed by atoms with Gasteiger partial charge in [0.05, 0.1) is 5.52 Å². The molecule has 0 atom stereocenters. The third-order valence-corrected chi connectivity index (χ3v) is 2.40. The third-order valence-electron chi connectivity index (χ3n) is 2.40. The fourth-order valence-electron chi connectivity index (χ4n) is 1.57. The monoisotopic (exact) mass is 216 g/mol. The second-order valence-electron chi connectivity index (χ2n) is 3.70. The van der Waals surface area contributed by atoms with E-state index in [9.17, 15) is 4.79 Å². The van der Waals surface area contributed by atoms with Crippen LogP contribution in [0.4, 0.5) is 0 Å². The van der Waals surface area contributed by atoms with E-state index in [1.807, 2.05) is 25.1 Å². The Morgan fingerprint density at radius 1 is 1.44 bits per heavy atom. The zero-order valence-electron chi connectivity index (χ0n) is 8.97. The second-order valence-corrected chi connectivity index (χ2v) is 3.70. The number of carboxylic acids is 1. The highest BCUT2D eigenvalue weighted by atomic mass is 16.4. The third kappa shape index (κ3) is 2.34. The average molecular weight is 216 g/mol. The highest BCUT2D eigenvalue weighted by Crippen LogP contribution is 2.14. The Balaban J connectivity index is 2.31. The SMILES string of the molecule is Cc1ncc2ccc(CCC(=O)O)cc2n1. The molecule has 2 aromatic rings.